The van der Waals surface area contributed by atoms with Gasteiger partial charge in [0.15, 0.2) is 11.8 Å². The second-order valence-electron chi connectivity index (χ2n) is 2.76. The number of alkyl halides is 2. The molecular formula is C8H3F2N3O4. The molecule has 0 aliphatic heterocycles. The monoisotopic (exact) mass is 243 g/mol. The molecule has 0 bridgehead atoms. The topological polar surface area (TPSA) is 117 Å². The van der Waals surface area contributed by atoms with Gasteiger partial charge in [0, 0.05) is 0 Å². The number of hydrogen-bond donors (Lipinski definition) is 1. The van der Waals surface area contributed by atoms with E-state index >= 15 is 0 Å². The van der Waals surface area contributed by atoms with Gasteiger partial charge in [-0.15, -0.1) is 0 Å². The van der Waals surface area contributed by atoms with Crippen LogP contribution in [0.25, 0.3) is 0 Å². The van der Waals surface area contributed by atoms with Crippen LogP contribution in [-0.2, 0) is 0 Å². The van der Waals surface area contributed by atoms with Crippen molar-refractivity contribution >= 4 is 11.8 Å². The number of nitrogens with zero attached hydrogens (tertiary/aromatic N) is 3. The van der Waals surface area contributed by atoms with E-state index in [0.29, 0.717) is 6.20 Å². The molecule has 0 aliphatic rings. The molecule has 0 amide bonds. The highest BCUT2D eigenvalue weighted by Crippen LogP contribution is 2.28. The molecule has 17 heavy (non-hydrogen) atoms. The second kappa shape index (κ2) is 4.48. The average molecular weight is 243 g/mol. The van der Waals surface area contributed by atoms with Crippen LogP contribution in [0, 0.1) is 21.4 Å². The van der Waals surface area contributed by atoms with E-state index in [4.69, 9.17) is 10.4 Å². The zero-order valence-corrected chi connectivity index (χ0v) is 7.92. The molecule has 0 unspecified atom stereocenters. The minimum Gasteiger partial charge on any atom is -0.477 e. The molecule has 1 heterocycles. The van der Waals surface area contributed by atoms with Crippen molar-refractivity contribution in [2.75, 3.05) is 0 Å². The van der Waals surface area contributed by atoms with E-state index < -0.39 is 39.8 Å². The van der Waals surface area contributed by atoms with Crippen LogP contribution >= 0.6 is 0 Å². The zero-order chi connectivity index (χ0) is 13.2. The molecule has 1 aromatic heterocycles. The van der Waals surface area contributed by atoms with Crippen molar-refractivity contribution in [2.45, 2.75) is 6.43 Å². The number of carboxylic acids is 1. The first-order valence-corrected chi connectivity index (χ1v) is 3.99. The van der Waals surface area contributed by atoms with Crippen LogP contribution in [0.3, 0.4) is 0 Å². The summed E-state index contributed by atoms with van der Waals surface area (Å²) in [6.07, 6.45) is -2.72. The largest absolute Gasteiger partial charge is 0.477 e. The first-order valence-electron chi connectivity index (χ1n) is 3.99. The van der Waals surface area contributed by atoms with Crippen molar-refractivity contribution in [3.8, 4) is 6.07 Å². The SMILES string of the molecule is N#Cc1c(C(F)F)cnc([N+](=O)[O-])c1C(=O)O. The Labute approximate surface area is 92.1 Å². The maximum atomic E-state index is 12.4. The molecule has 0 aromatic carbocycles. The predicted molar refractivity (Wildman–Crippen MR) is 47.5 cm³/mol. The summed E-state index contributed by atoms with van der Waals surface area (Å²) in [5.74, 6) is -3.00. The number of carbonyl (C=O) groups is 1. The molecule has 0 atom stereocenters. The molecule has 0 radical (unpaired) electrons. The summed E-state index contributed by atoms with van der Waals surface area (Å²) in [4.78, 5) is 23.1. The standard InChI is InChI=1S/C8H3F2N3O4/c9-6(10)4-2-12-7(13(16)17)5(8(14)15)3(4)1-11/h2,6H,(H,14,15). The van der Waals surface area contributed by atoms with Crippen molar-refractivity contribution in [1.29, 1.82) is 5.26 Å². The summed E-state index contributed by atoms with van der Waals surface area (Å²) in [7, 11) is 0. The van der Waals surface area contributed by atoms with Crippen LogP contribution in [0.2, 0.25) is 0 Å². The number of pyridine rings is 1. The van der Waals surface area contributed by atoms with Crippen molar-refractivity contribution in [3.63, 3.8) is 0 Å². The Morgan fingerprint density at radius 3 is 2.59 bits per heavy atom. The zero-order valence-electron chi connectivity index (χ0n) is 7.92. The Morgan fingerprint density at radius 2 is 2.24 bits per heavy atom. The van der Waals surface area contributed by atoms with Gasteiger partial charge in [0.1, 0.15) is 6.07 Å². The molecule has 1 N–H and O–H groups in total. The number of halogens is 2. The quantitative estimate of drug-likeness (QED) is 0.634. The maximum Gasteiger partial charge on any atom is 0.379 e. The van der Waals surface area contributed by atoms with E-state index in [2.05, 4.69) is 4.98 Å². The second-order valence-corrected chi connectivity index (χ2v) is 2.76. The summed E-state index contributed by atoms with van der Waals surface area (Å²) >= 11 is 0. The Bertz CT molecular complexity index is 538. The van der Waals surface area contributed by atoms with E-state index in [9.17, 15) is 23.7 Å². The number of nitro groups is 1. The molecule has 7 nitrogen and oxygen atoms in total. The maximum absolute atomic E-state index is 12.4. The van der Waals surface area contributed by atoms with Gasteiger partial charge in [-0.3, -0.25) is 0 Å². The Morgan fingerprint density at radius 1 is 1.65 bits per heavy atom. The summed E-state index contributed by atoms with van der Waals surface area (Å²) in [5.41, 5.74) is -3.03. The third-order valence-corrected chi connectivity index (χ3v) is 1.82. The predicted octanol–water partition coefficient (Wildman–Crippen LogP) is 1.50. The van der Waals surface area contributed by atoms with E-state index in [1.807, 2.05) is 0 Å². The molecule has 88 valence electrons. The summed E-state index contributed by atoms with van der Waals surface area (Å²) in [6, 6.07) is 1.22. The molecular weight excluding hydrogens is 240 g/mol. The average Bonchev–Trinajstić information content (AvgIpc) is 2.26. The number of carboxylic acid groups (broad SMARTS) is 1. The Balaban J connectivity index is 3.69. The number of aromatic nitrogens is 1. The normalized spacial score (nSPS) is 10.0. The van der Waals surface area contributed by atoms with Crippen LogP contribution in [0.4, 0.5) is 14.6 Å². The van der Waals surface area contributed by atoms with Crippen LogP contribution in [0.15, 0.2) is 6.20 Å². The molecule has 0 spiro atoms. The lowest BCUT2D eigenvalue weighted by Crippen LogP contribution is -2.10. The van der Waals surface area contributed by atoms with Gasteiger partial charge in [-0.2, -0.15) is 5.26 Å². The number of hydrogen-bond acceptors (Lipinski definition) is 5. The molecule has 0 saturated heterocycles. The van der Waals surface area contributed by atoms with Crippen molar-refractivity contribution in [2.24, 2.45) is 0 Å². The summed E-state index contributed by atoms with van der Waals surface area (Å²) in [5, 5.41) is 27.8. The molecule has 0 fully saturated rings. The van der Waals surface area contributed by atoms with Gasteiger partial charge in [0.25, 0.3) is 6.43 Å². The lowest BCUT2D eigenvalue weighted by atomic mass is 10.0. The fraction of sp³-hybridized carbons (Fsp3) is 0.125. The van der Waals surface area contributed by atoms with E-state index in [1.165, 1.54) is 6.07 Å². The van der Waals surface area contributed by atoms with Gasteiger partial charge in [-0.1, -0.05) is 0 Å². The molecule has 9 heteroatoms. The highest BCUT2D eigenvalue weighted by atomic mass is 19.3. The molecule has 1 rings (SSSR count). The van der Waals surface area contributed by atoms with Gasteiger partial charge < -0.3 is 15.2 Å². The van der Waals surface area contributed by atoms with Gasteiger partial charge >= 0.3 is 11.8 Å². The van der Waals surface area contributed by atoms with Gasteiger partial charge in [0.2, 0.25) is 0 Å². The molecule has 0 aliphatic carbocycles. The van der Waals surface area contributed by atoms with Crippen LogP contribution in [0.1, 0.15) is 27.9 Å². The van der Waals surface area contributed by atoms with Gasteiger partial charge in [-0.25, -0.2) is 13.6 Å². The molecule has 1 aromatic rings. The third-order valence-electron chi connectivity index (χ3n) is 1.82. The highest BCUT2D eigenvalue weighted by Gasteiger charge is 2.31. The summed E-state index contributed by atoms with van der Waals surface area (Å²) in [6.45, 7) is 0. The van der Waals surface area contributed by atoms with Crippen molar-refractivity contribution in [1.82, 2.24) is 4.98 Å². The first kappa shape index (κ1) is 12.4. The minimum absolute atomic E-state index is 0.424. The fourth-order valence-electron chi connectivity index (χ4n) is 1.14. The number of rotatable bonds is 3. The van der Waals surface area contributed by atoms with Crippen LogP contribution in [-0.4, -0.2) is 21.0 Å². The Hall–Kier alpha value is -2.63. The summed E-state index contributed by atoms with van der Waals surface area (Å²) < 4.78 is 24.9. The fourth-order valence-corrected chi connectivity index (χ4v) is 1.14. The van der Waals surface area contributed by atoms with E-state index in [0.717, 1.165) is 0 Å². The first-order chi connectivity index (χ1) is 7.90. The van der Waals surface area contributed by atoms with E-state index in [1.54, 1.807) is 0 Å². The van der Waals surface area contributed by atoms with Crippen molar-refractivity contribution in [3.05, 3.63) is 33.0 Å². The van der Waals surface area contributed by atoms with Crippen molar-refractivity contribution < 1.29 is 23.6 Å². The minimum atomic E-state index is -3.14. The molecule has 0 saturated carbocycles. The van der Waals surface area contributed by atoms with E-state index in [-0.39, 0.29) is 0 Å². The Kier molecular flexibility index (Phi) is 3.28. The van der Waals surface area contributed by atoms with Crippen LogP contribution in [0.5, 0.6) is 0 Å². The smallest absolute Gasteiger partial charge is 0.379 e. The lowest BCUT2D eigenvalue weighted by molar-refractivity contribution is -0.389. The number of nitriles is 1. The van der Waals surface area contributed by atoms with Crippen LogP contribution < -0.4 is 0 Å². The van der Waals surface area contributed by atoms with Gasteiger partial charge in [-0.05, 0) is 9.91 Å². The lowest BCUT2D eigenvalue weighted by Gasteiger charge is -2.04. The highest BCUT2D eigenvalue weighted by molar-refractivity contribution is 5.94. The number of aromatic carboxylic acids is 1. The third kappa shape index (κ3) is 2.15. The van der Waals surface area contributed by atoms with Gasteiger partial charge in [0.05, 0.1) is 11.1 Å².